The molecule has 3 aliphatic heterocycles. The smallest absolute Gasteiger partial charge is 0.135 e. The summed E-state index contributed by atoms with van der Waals surface area (Å²) in [4.78, 5) is 14.2. The molecule has 5 nitrogen and oxygen atoms in total. The summed E-state index contributed by atoms with van der Waals surface area (Å²) in [7, 11) is 0. The van der Waals surface area contributed by atoms with Gasteiger partial charge in [0.25, 0.3) is 0 Å². The van der Waals surface area contributed by atoms with Gasteiger partial charge in [-0.15, -0.1) is 0 Å². The van der Waals surface area contributed by atoms with Gasteiger partial charge in [0.1, 0.15) is 11.6 Å². The van der Waals surface area contributed by atoms with E-state index in [1.54, 1.807) is 0 Å². The van der Waals surface area contributed by atoms with E-state index in [1.165, 1.54) is 32.7 Å². The van der Waals surface area contributed by atoms with Gasteiger partial charge in [0.15, 0.2) is 0 Å². The molecule has 0 spiro atoms. The van der Waals surface area contributed by atoms with Gasteiger partial charge in [0, 0.05) is 56.9 Å². The molecular formula is C15H25N5. The van der Waals surface area contributed by atoms with E-state index in [9.17, 15) is 0 Å². The maximum atomic E-state index is 4.64. The number of rotatable bonds is 3. The van der Waals surface area contributed by atoms with E-state index in [0.717, 1.165) is 18.2 Å². The van der Waals surface area contributed by atoms with E-state index in [2.05, 4.69) is 45.9 Å². The van der Waals surface area contributed by atoms with Crippen molar-refractivity contribution >= 4 is 5.82 Å². The van der Waals surface area contributed by atoms with Crippen LogP contribution in [0.5, 0.6) is 0 Å². The zero-order chi connectivity index (χ0) is 14.2. The summed E-state index contributed by atoms with van der Waals surface area (Å²) in [6.07, 6.45) is 1.85. The zero-order valence-electron chi connectivity index (χ0n) is 12.8. The fourth-order valence-corrected chi connectivity index (χ4v) is 2.96. The molecule has 3 aliphatic rings. The zero-order valence-corrected chi connectivity index (χ0v) is 12.8. The van der Waals surface area contributed by atoms with E-state index in [0.29, 0.717) is 6.04 Å². The van der Waals surface area contributed by atoms with Gasteiger partial charge >= 0.3 is 0 Å². The second-order valence-electron chi connectivity index (χ2n) is 6.89. The summed E-state index contributed by atoms with van der Waals surface area (Å²) in [5, 5.41) is 3.49. The van der Waals surface area contributed by atoms with Crippen LogP contribution in [-0.4, -0.2) is 65.1 Å². The van der Waals surface area contributed by atoms with Gasteiger partial charge in [-0.3, -0.25) is 9.80 Å². The van der Waals surface area contributed by atoms with Crippen molar-refractivity contribution < 1.29 is 0 Å². The van der Waals surface area contributed by atoms with Crippen LogP contribution < -0.4 is 5.32 Å². The molecule has 20 heavy (non-hydrogen) atoms. The van der Waals surface area contributed by atoms with Crippen molar-refractivity contribution in [2.75, 3.05) is 44.6 Å². The van der Waals surface area contributed by atoms with Crippen LogP contribution in [0.15, 0.2) is 12.3 Å². The van der Waals surface area contributed by atoms with Crippen LogP contribution in [0, 0.1) is 0 Å². The van der Waals surface area contributed by atoms with E-state index >= 15 is 0 Å². The molecule has 0 aromatic carbocycles. The van der Waals surface area contributed by atoms with Crippen molar-refractivity contribution in [1.82, 2.24) is 19.8 Å². The number of hydrogen-bond acceptors (Lipinski definition) is 5. The van der Waals surface area contributed by atoms with Crippen molar-refractivity contribution in [2.45, 2.75) is 32.2 Å². The lowest BCUT2D eigenvalue weighted by Gasteiger charge is -2.47. The highest BCUT2D eigenvalue weighted by Crippen LogP contribution is 2.19. The van der Waals surface area contributed by atoms with Crippen LogP contribution in [0.4, 0.5) is 5.82 Å². The first-order valence-corrected chi connectivity index (χ1v) is 7.56. The Bertz CT molecular complexity index is 460. The molecule has 0 saturated carbocycles. The van der Waals surface area contributed by atoms with Gasteiger partial charge < -0.3 is 5.32 Å². The Balaban J connectivity index is 1.61. The molecule has 1 unspecified atom stereocenters. The van der Waals surface area contributed by atoms with Gasteiger partial charge in [-0.1, -0.05) is 20.8 Å². The minimum absolute atomic E-state index is 0.00317. The molecule has 1 aromatic heterocycles. The van der Waals surface area contributed by atoms with Crippen LogP contribution in [-0.2, 0) is 5.41 Å². The summed E-state index contributed by atoms with van der Waals surface area (Å²) in [5.41, 5.74) is -0.00317. The number of nitrogens with one attached hydrogen (secondary N) is 1. The predicted molar refractivity (Wildman–Crippen MR) is 81.0 cm³/mol. The van der Waals surface area contributed by atoms with Crippen molar-refractivity contribution in [1.29, 1.82) is 0 Å². The Labute approximate surface area is 121 Å². The first kappa shape index (κ1) is 13.8. The molecule has 4 heterocycles. The van der Waals surface area contributed by atoms with E-state index in [4.69, 9.17) is 0 Å². The number of fused-ring (bicyclic) bond motifs is 3. The van der Waals surface area contributed by atoms with Gasteiger partial charge in [0.05, 0.1) is 0 Å². The molecule has 2 bridgehead atoms. The number of hydrogen-bond donors (Lipinski definition) is 1. The highest BCUT2D eigenvalue weighted by atomic mass is 15.3. The summed E-state index contributed by atoms with van der Waals surface area (Å²) >= 11 is 0. The van der Waals surface area contributed by atoms with Gasteiger partial charge in [0.2, 0.25) is 0 Å². The Morgan fingerprint density at radius 2 is 2.00 bits per heavy atom. The lowest BCUT2D eigenvalue weighted by molar-refractivity contribution is 0.0189. The maximum absolute atomic E-state index is 4.64. The molecule has 0 aliphatic carbocycles. The Kier molecular flexibility index (Phi) is 3.65. The maximum Gasteiger partial charge on any atom is 0.135 e. The Morgan fingerprint density at radius 3 is 2.60 bits per heavy atom. The van der Waals surface area contributed by atoms with Crippen molar-refractivity contribution in [3.05, 3.63) is 18.1 Å². The lowest BCUT2D eigenvalue weighted by atomic mass is 9.96. The average Bonchev–Trinajstić information content (AvgIpc) is 2.46. The summed E-state index contributed by atoms with van der Waals surface area (Å²) in [5.74, 6) is 1.85. The summed E-state index contributed by atoms with van der Waals surface area (Å²) in [6.45, 7) is 13.5. The molecule has 3 fully saturated rings. The second kappa shape index (κ2) is 5.30. The number of piperazine rings is 3. The van der Waals surface area contributed by atoms with Crippen molar-refractivity contribution in [2.24, 2.45) is 0 Å². The van der Waals surface area contributed by atoms with E-state index < -0.39 is 0 Å². The van der Waals surface area contributed by atoms with Crippen LogP contribution >= 0.6 is 0 Å². The minimum atomic E-state index is -0.00317. The molecule has 0 amide bonds. The highest BCUT2D eigenvalue weighted by molar-refractivity contribution is 5.34. The van der Waals surface area contributed by atoms with E-state index in [1.807, 2.05) is 12.3 Å². The lowest BCUT2D eigenvalue weighted by Crippen LogP contribution is -2.62. The van der Waals surface area contributed by atoms with E-state index in [-0.39, 0.29) is 5.41 Å². The average molecular weight is 275 g/mol. The molecular weight excluding hydrogens is 250 g/mol. The standard InChI is InChI=1S/C15H25N5/c1-15(2,3)14-16-5-4-13(18-14)17-10-12-11-19-6-8-20(12)9-7-19/h4-5,12H,6-11H2,1-3H3,(H,16,17,18). The monoisotopic (exact) mass is 275 g/mol. The third-order valence-electron chi connectivity index (χ3n) is 4.24. The van der Waals surface area contributed by atoms with Crippen molar-refractivity contribution in [3.8, 4) is 0 Å². The topological polar surface area (TPSA) is 44.3 Å². The molecule has 1 N–H and O–H groups in total. The SMILES string of the molecule is CC(C)(C)c1nccc(NCC2CN3CCN2CC3)n1. The third-order valence-corrected chi connectivity index (χ3v) is 4.24. The Morgan fingerprint density at radius 1 is 1.25 bits per heavy atom. The normalized spacial score (nSPS) is 29.4. The summed E-state index contributed by atoms with van der Waals surface area (Å²) in [6, 6.07) is 2.58. The van der Waals surface area contributed by atoms with Crippen molar-refractivity contribution in [3.63, 3.8) is 0 Å². The minimum Gasteiger partial charge on any atom is -0.368 e. The first-order chi connectivity index (χ1) is 9.52. The predicted octanol–water partition coefficient (Wildman–Crippen LogP) is 1.19. The van der Waals surface area contributed by atoms with Crippen LogP contribution in [0.2, 0.25) is 0 Å². The largest absolute Gasteiger partial charge is 0.368 e. The van der Waals surface area contributed by atoms with Crippen LogP contribution in [0.25, 0.3) is 0 Å². The molecule has 110 valence electrons. The molecule has 5 heteroatoms. The molecule has 1 aromatic rings. The van der Waals surface area contributed by atoms with Gasteiger partial charge in [-0.05, 0) is 6.07 Å². The molecule has 0 radical (unpaired) electrons. The number of anilines is 1. The number of nitrogens with zero attached hydrogens (tertiary/aromatic N) is 4. The van der Waals surface area contributed by atoms with Crippen LogP contribution in [0.1, 0.15) is 26.6 Å². The quantitative estimate of drug-likeness (QED) is 0.897. The summed E-state index contributed by atoms with van der Waals surface area (Å²) < 4.78 is 0. The van der Waals surface area contributed by atoms with Gasteiger partial charge in [-0.2, -0.15) is 0 Å². The fraction of sp³-hybridized carbons (Fsp3) is 0.733. The highest BCUT2D eigenvalue weighted by Gasteiger charge is 2.31. The Hall–Kier alpha value is -1.20. The number of aromatic nitrogens is 2. The van der Waals surface area contributed by atoms with Crippen LogP contribution in [0.3, 0.4) is 0 Å². The first-order valence-electron chi connectivity index (χ1n) is 7.56. The third kappa shape index (κ3) is 2.94. The molecule has 4 rings (SSSR count). The molecule has 3 saturated heterocycles. The van der Waals surface area contributed by atoms with Gasteiger partial charge in [-0.25, -0.2) is 9.97 Å². The fourth-order valence-electron chi connectivity index (χ4n) is 2.96. The second-order valence-corrected chi connectivity index (χ2v) is 6.89. The molecule has 1 atom stereocenters.